The lowest BCUT2D eigenvalue weighted by molar-refractivity contribution is 0.316. The largest absolute Gasteiger partial charge is 0.317 e. The molecule has 17 heavy (non-hydrogen) atoms. The van der Waals surface area contributed by atoms with Gasteiger partial charge in [-0.05, 0) is 38.1 Å². The molecule has 0 radical (unpaired) electrons. The number of hydrogen-bond donors (Lipinski definition) is 1. The molecule has 0 unspecified atom stereocenters. The van der Waals surface area contributed by atoms with Crippen LogP contribution in [0.2, 0.25) is 0 Å². The molecule has 0 atom stereocenters. The average Bonchev–Trinajstić information content (AvgIpc) is 2.74. The summed E-state index contributed by atoms with van der Waals surface area (Å²) >= 11 is 3.26. The third-order valence-corrected chi connectivity index (χ3v) is 3.51. The quantitative estimate of drug-likeness (QED) is 0.878. The molecule has 2 heterocycles. The van der Waals surface area contributed by atoms with Crippen molar-refractivity contribution in [3.63, 3.8) is 0 Å². The van der Waals surface area contributed by atoms with Crippen LogP contribution in [0.4, 0.5) is 4.39 Å². The zero-order chi connectivity index (χ0) is 11.8. The predicted octanol–water partition coefficient (Wildman–Crippen LogP) is 2.26. The summed E-state index contributed by atoms with van der Waals surface area (Å²) in [6.45, 7) is 1.93. The second kappa shape index (κ2) is 4.34. The molecule has 0 saturated carbocycles. The molecule has 0 amide bonds. The summed E-state index contributed by atoms with van der Waals surface area (Å²) < 4.78 is 14.4. The molecule has 0 spiro atoms. The Morgan fingerprint density at radius 3 is 2.82 bits per heavy atom. The van der Waals surface area contributed by atoms with Gasteiger partial charge in [-0.1, -0.05) is 15.9 Å². The number of nitrogens with one attached hydrogen (secondary N) is 1. The summed E-state index contributed by atoms with van der Waals surface area (Å²) in [5.41, 5.74) is 0.960. The van der Waals surface area contributed by atoms with E-state index in [0.717, 1.165) is 25.9 Å². The molecule has 0 aliphatic carbocycles. The van der Waals surface area contributed by atoms with Gasteiger partial charge < -0.3 is 5.32 Å². The van der Waals surface area contributed by atoms with Gasteiger partial charge in [-0.15, -0.1) is 5.10 Å². The van der Waals surface area contributed by atoms with Crippen LogP contribution in [-0.4, -0.2) is 28.1 Å². The standard InChI is InChI=1S/C11H12BrFN4/c12-7-5-9(13)11-10(6-7)15-17(16-11)8-1-3-14-4-2-8/h5-6,8,14H,1-4H2. The first-order chi connectivity index (χ1) is 8.24. The minimum atomic E-state index is -0.324. The molecule has 2 aromatic rings. The minimum Gasteiger partial charge on any atom is -0.317 e. The Morgan fingerprint density at radius 1 is 1.29 bits per heavy atom. The number of hydrogen-bond acceptors (Lipinski definition) is 3. The number of halogens is 2. The van der Waals surface area contributed by atoms with Crippen LogP contribution in [-0.2, 0) is 0 Å². The number of aromatic nitrogens is 3. The monoisotopic (exact) mass is 298 g/mol. The molecule has 1 N–H and O–H groups in total. The number of rotatable bonds is 1. The van der Waals surface area contributed by atoms with Crippen molar-refractivity contribution in [2.45, 2.75) is 18.9 Å². The molecular formula is C11H12BrFN4. The highest BCUT2D eigenvalue weighted by atomic mass is 79.9. The van der Waals surface area contributed by atoms with Crippen molar-refractivity contribution in [3.8, 4) is 0 Å². The summed E-state index contributed by atoms with van der Waals surface area (Å²) in [4.78, 5) is 1.67. The van der Waals surface area contributed by atoms with Crippen molar-refractivity contribution < 1.29 is 4.39 Å². The third kappa shape index (κ3) is 2.07. The van der Waals surface area contributed by atoms with Gasteiger partial charge in [-0.3, -0.25) is 0 Å². The van der Waals surface area contributed by atoms with E-state index in [2.05, 4.69) is 31.4 Å². The maximum Gasteiger partial charge on any atom is 0.154 e. The average molecular weight is 299 g/mol. The van der Waals surface area contributed by atoms with E-state index in [1.807, 2.05) is 0 Å². The zero-order valence-corrected chi connectivity index (χ0v) is 10.7. The second-order valence-corrected chi connectivity index (χ2v) is 5.17. The highest BCUT2D eigenvalue weighted by molar-refractivity contribution is 9.10. The van der Waals surface area contributed by atoms with Gasteiger partial charge >= 0.3 is 0 Å². The van der Waals surface area contributed by atoms with Gasteiger partial charge in [-0.25, -0.2) is 4.39 Å². The molecule has 4 nitrogen and oxygen atoms in total. The Kier molecular flexibility index (Phi) is 2.84. The first-order valence-corrected chi connectivity index (χ1v) is 6.45. The third-order valence-electron chi connectivity index (χ3n) is 3.06. The fourth-order valence-electron chi connectivity index (χ4n) is 2.16. The van der Waals surface area contributed by atoms with Gasteiger partial charge in [0.15, 0.2) is 5.82 Å². The van der Waals surface area contributed by atoms with Crippen LogP contribution in [0.1, 0.15) is 18.9 Å². The molecule has 1 fully saturated rings. The van der Waals surface area contributed by atoms with E-state index in [1.54, 1.807) is 10.9 Å². The van der Waals surface area contributed by atoms with Gasteiger partial charge in [-0.2, -0.15) is 9.90 Å². The first-order valence-electron chi connectivity index (χ1n) is 5.66. The van der Waals surface area contributed by atoms with E-state index in [4.69, 9.17) is 0 Å². The molecule has 1 aliphatic heterocycles. The molecule has 0 bridgehead atoms. The van der Waals surface area contributed by atoms with Crippen molar-refractivity contribution in [3.05, 3.63) is 22.4 Å². The predicted molar refractivity (Wildman–Crippen MR) is 66.3 cm³/mol. The molecular weight excluding hydrogens is 287 g/mol. The number of fused-ring (bicyclic) bond motifs is 1. The fraction of sp³-hybridized carbons (Fsp3) is 0.455. The topological polar surface area (TPSA) is 42.7 Å². The lowest BCUT2D eigenvalue weighted by Gasteiger charge is -2.21. The summed E-state index contributed by atoms with van der Waals surface area (Å²) in [6.07, 6.45) is 1.98. The normalized spacial score (nSPS) is 17.8. The fourth-order valence-corrected chi connectivity index (χ4v) is 2.58. The number of piperidine rings is 1. The van der Waals surface area contributed by atoms with E-state index >= 15 is 0 Å². The highest BCUT2D eigenvalue weighted by Gasteiger charge is 2.18. The number of benzene rings is 1. The van der Waals surface area contributed by atoms with Gasteiger partial charge in [0.25, 0.3) is 0 Å². The second-order valence-electron chi connectivity index (χ2n) is 4.26. The first kappa shape index (κ1) is 11.1. The van der Waals surface area contributed by atoms with Crippen molar-refractivity contribution in [1.82, 2.24) is 20.3 Å². The Labute approximate surface area is 106 Å². The van der Waals surface area contributed by atoms with Crippen LogP contribution in [0, 0.1) is 5.82 Å². The Balaban J connectivity index is 2.03. The molecule has 6 heteroatoms. The SMILES string of the molecule is Fc1cc(Br)cc2nn(C3CCNCC3)nc12. The van der Waals surface area contributed by atoms with Crippen LogP contribution >= 0.6 is 15.9 Å². The Hall–Kier alpha value is -1.01. The summed E-state index contributed by atoms with van der Waals surface area (Å²) in [5.74, 6) is -0.324. The van der Waals surface area contributed by atoms with Crippen LogP contribution < -0.4 is 5.32 Å². The Bertz CT molecular complexity index is 548. The smallest absolute Gasteiger partial charge is 0.154 e. The van der Waals surface area contributed by atoms with Crippen molar-refractivity contribution >= 4 is 27.0 Å². The maximum absolute atomic E-state index is 13.7. The molecule has 1 aliphatic rings. The lowest BCUT2D eigenvalue weighted by Crippen LogP contribution is -2.30. The van der Waals surface area contributed by atoms with Crippen LogP contribution in [0.5, 0.6) is 0 Å². The molecule has 1 saturated heterocycles. The van der Waals surface area contributed by atoms with Gasteiger partial charge in [0.1, 0.15) is 11.0 Å². The van der Waals surface area contributed by atoms with E-state index < -0.39 is 0 Å². The summed E-state index contributed by atoms with van der Waals surface area (Å²) in [6, 6.07) is 3.49. The van der Waals surface area contributed by atoms with E-state index in [1.165, 1.54) is 6.07 Å². The van der Waals surface area contributed by atoms with Crippen molar-refractivity contribution in [1.29, 1.82) is 0 Å². The maximum atomic E-state index is 13.7. The van der Waals surface area contributed by atoms with Gasteiger partial charge in [0.2, 0.25) is 0 Å². The van der Waals surface area contributed by atoms with Crippen molar-refractivity contribution in [2.24, 2.45) is 0 Å². The minimum absolute atomic E-state index is 0.279. The molecule has 1 aromatic carbocycles. The van der Waals surface area contributed by atoms with E-state index in [0.29, 0.717) is 15.5 Å². The van der Waals surface area contributed by atoms with E-state index in [9.17, 15) is 4.39 Å². The van der Waals surface area contributed by atoms with E-state index in [-0.39, 0.29) is 11.9 Å². The van der Waals surface area contributed by atoms with Crippen LogP contribution in [0.15, 0.2) is 16.6 Å². The zero-order valence-electron chi connectivity index (χ0n) is 9.16. The summed E-state index contributed by atoms with van der Waals surface area (Å²) in [7, 11) is 0. The highest BCUT2D eigenvalue weighted by Crippen LogP contribution is 2.23. The van der Waals surface area contributed by atoms with Crippen LogP contribution in [0.3, 0.4) is 0 Å². The van der Waals surface area contributed by atoms with Gasteiger partial charge in [0, 0.05) is 4.47 Å². The summed E-state index contributed by atoms with van der Waals surface area (Å²) in [5, 5.41) is 11.9. The Morgan fingerprint density at radius 2 is 2.06 bits per heavy atom. The van der Waals surface area contributed by atoms with Gasteiger partial charge in [0.05, 0.1) is 6.04 Å². The lowest BCUT2D eigenvalue weighted by atomic mass is 10.1. The van der Waals surface area contributed by atoms with Crippen LogP contribution in [0.25, 0.3) is 11.0 Å². The molecule has 3 rings (SSSR count). The van der Waals surface area contributed by atoms with Crippen molar-refractivity contribution in [2.75, 3.05) is 13.1 Å². The molecule has 90 valence electrons. The molecule has 1 aromatic heterocycles. The number of nitrogens with zero attached hydrogens (tertiary/aromatic N) is 3.